The fraction of sp³-hybridized carbons (Fsp3) is 0.360. The van der Waals surface area contributed by atoms with E-state index in [9.17, 15) is 4.79 Å². The Kier molecular flexibility index (Phi) is 5.18. The standard InChI is InChI=1S/C25H24N2O/c26-18-21-14-12-20(13-15-21)16-17-25(22-8-4-3-5-9-22)19-27(24(25)28)23-10-6-1-2-7-11-23/h3-5,8-9,12-15,23H,1-2,6-7,10-11,19H2/t25-/m0/s1. The Labute approximate surface area is 167 Å². The second-order valence-electron chi connectivity index (χ2n) is 7.79. The summed E-state index contributed by atoms with van der Waals surface area (Å²) in [7, 11) is 0. The molecule has 0 radical (unpaired) electrons. The van der Waals surface area contributed by atoms with Gasteiger partial charge in [0.25, 0.3) is 0 Å². The Bertz CT molecular complexity index is 938. The zero-order chi connectivity index (χ0) is 19.4. The van der Waals surface area contributed by atoms with Gasteiger partial charge in [-0.15, -0.1) is 0 Å². The van der Waals surface area contributed by atoms with Gasteiger partial charge in [-0.25, -0.2) is 0 Å². The molecule has 4 rings (SSSR count). The third-order valence-electron chi connectivity index (χ3n) is 6.00. The van der Waals surface area contributed by atoms with Crippen molar-refractivity contribution in [2.24, 2.45) is 0 Å². The molecule has 28 heavy (non-hydrogen) atoms. The minimum absolute atomic E-state index is 0.145. The van der Waals surface area contributed by atoms with Crippen molar-refractivity contribution in [3.63, 3.8) is 0 Å². The minimum Gasteiger partial charge on any atom is -0.336 e. The number of carbonyl (C=O) groups is 1. The average Bonchev–Trinajstić information content (AvgIpc) is 3.03. The van der Waals surface area contributed by atoms with Crippen LogP contribution in [0.15, 0.2) is 54.6 Å². The highest BCUT2D eigenvalue weighted by molar-refractivity contribution is 5.98. The molecule has 140 valence electrons. The van der Waals surface area contributed by atoms with Gasteiger partial charge in [-0.3, -0.25) is 4.79 Å². The van der Waals surface area contributed by atoms with Gasteiger partial charge in [-0.05, 0) is 42.7 Å². The second-order valence-corrected chi connectivity index (χ2v) is 7.79. The summed E-state index contributed by atoms with van der Waals surface area (Å²) < 4.78 is 0. The lowest BCUT2D eigenvalue weighted by Crippen LogP contribution is -2.66. The second kappa shape index (κ2) is 7.91. The lowest BCUT2D eigenvalue weighted by molar-refractivity contribution is -0.151. The number of carbonyl (C=O) groups excluding carboxylic acids is 1. The van der Waals surface area contributed by atoms with Crippen LogP contribution >= 0.6 is 0 Å². The number of rotatable bonds is 2. The summed E-state index contributed by atoms with van der Waals surface area (Å²) in [5.74, 6) is 6.65. The van der Waals surface area contributed by atoms with Crippen molar-refractivity contribution in [3.05, 3.63) is 71.3 Å². The first kappa shape index (κ1) is 18.3. The van der Waals surface area contributed by atoms with E-state index in [1.54, 1.807) is 12.1 Å². The quantitative estimate of drug-likeness (QED) is 0.448. The fourth-order valence-electron chi connectivity index (χ4n) is 4.32. The van der Waals surface area contributed by atoms with Gasteiger partial charge in [0.15, 0.2) is 5.41 Å². The molecule has 2 aliphatic rings. The molecule has 0 N–H and O–H groups in total. The highest BCUT2D eigenvalue weighted by atomic mass is 16.2. The maximum Gasteiger partial charge on any atom is 0.247 e. The smallest absolute Gasteiger partial charge is 0.247 e. The van der Waals surface area contributed by atoms with Crippen molar-refractivity contribution >= 4 is 5.91 Å². The van der Waals surface area contributed by atoms with E-state index in [1.807, 2.05) is 42.5 Å². The first-order chi connectivity index (χ1) is 13.7. The fourth-order valence-corrected chi connectivity index (χ4v) is 4.32. The highest BCUT2D eigenvalue weighted by Gasteiger charge is 2.54. The Balaban J connectivity index is 1.63. The van der Waals surface area contributed by atoms with Gasteiger partial charge in [0, 0.05) is 11.6 Å². The topological polar surface area (TPSA) is 44.1 Å². The van der Waals surface area contributed by atoms with E-state index in [0.29, 0.717) is 18.2 Å². The van der Waals surface area contributed by atoms with Crippen molar-refractivity contribution in [1.82, 2.24) is 4.90 Å². The summed E-state index contributed by atoms with van der Waals surface area (Å²) in [5.41, 5.74) is 1.67. The normalized spacial score (nSPS) is 22.4. The van der Waals surface area contributed by atoms with Gasteiger partial charge in [0.05, 0.1) is 18.2 Å². The molecular formula is C25H24N2O. The summed E-state index contributed by atoms with van der Waals surface area (Å²) in [5, 5.41) is 8.95. The summed E-state index contributed by atoms with van der Waals surface area (Å²) in [6.45, 7) is 0.670. The first-order valence-electron chi connectivity index (χ1n) is 10.1. The van der Waals surface area contributed by atoms with E-state index in [1.165, 1.54) is 25.7 Å². The molecular weight excluding hydrogens is 344 g/mol. The maximum absolute atomic E-state index is 13.4. The van der Waals surface area contributed by atoms with Crippen molar-refractivity contribution in [1.29, 1.82) is 5.26 Å². The van der Waals surface area contributed by atoms with Gasteiger partial charge in [0.2, 0.25) is 5.91 Å². The van der Waals surface area contributed by atoms with Crippen molar-refractivity contribution < 1.29 is 4.79 Å². The minimum atomic E-state index is -0.749. The number of nitriles is 1. The summed E-state index contributed by atoms with van der Waals surface area (Å²) in [4.78, 5) is 15.5. The Morgan fingerprint density at radius 2 is 1.54 bits per heavy atom. The van der Waals surface area contributed by atoms with Crippen LogP contribution in [-0.4, -0.2) is 23.4 Å². The summed E-state index contributed by atoms with van der Waals surface area (Å²) >= 11 is 0. The van der Waals surface area contributed by atoms with Crippen LogP contribution in [0, 0.1) is 23.2 Å². The van der Waals surface area contributed by atoms with Gasteiger partial charge in [0.1, 0.15) is 0 Å². The number of likely N-dealkylation sites (tertiary alicyclic amines) is 1. The SMILES string of the molecule is N#Cc1ccc(C#C[C@@]2(c3ccccc3)CN(C3CCCCCC3)C2=O)cc1. The van der Waals surface area contributed by atoms with Crippen LogP contribution in [0.4, 0.5) is 0 Å². The molecule has 1 saturated heterocycles. The lowest BCUT2D eigenvalue weighted by Gasteiger charge is -2.49. The number of benzene rings is 2. The Morgan fingerprint density at radius 1 is 0.893 bits per heavy atom. The molecule has 3 heteroatoms. The van der Waals surface area contributed by atoms with E-state index in [0.717, 1.165) is 24.0 Å². The van der Waals surface area contributed by atoms with E-state index >= 15 is 0 Å². The van der Waals surface area contributed by atoms with Crippen LogP contribution in [0.3, 0.4) is 0 Å². The largest absolute Gasteiger partial charge is 0.336 e. The predicted molar refractivity (Wildman–Crippen MR) is 109 cm³/mol. The molecule has 1 aliphatic heterocycles. The van der Waals surface area contributed by atoms with Crippen LogP contribution in [0.5, 0.6) is 0 Å². The Hall–Kier alpha value is -3.04. The molecule has 1 atom stereocenters. The van der Waals surface area contributed by atoms with Gasteiger partial charge in [-0.2, -0.15) is 5.26 Å². The zero-order valence-corrected chi connectivity index (χ0v) is 16.0. The van der Waals surface area contributed by atoms with Gasteiger partial charge < -0.3 is 4.90 Å². The molecule has 2 fully saturated rings. The molecule has 0 spiro atoms. The summed E-state index contributed by atoms with van der Waals surface area (Å²) in [6, 6.07) is 19.6. The van der Waals surface area contributed by atoms with Crippen LogP contribution in [0.1, 0.15) is 55.2 Å². The van der Waals surface area contributed by atoms with E-state index in [2.05, 4.69) is 22.8 Å². The van der Waals surface area contributed by atoms with Crippen LogP contribution in [0.2, 0.25) is 0 Å². The van der Waals surface area contributed by atoms with E-state index in [-0.39, 0.29) is 5.91 Å². The molecule has 2 aromatic carbocycles. The number of hydrogen-bond donors (Lipinski definition) is 0. The lowest BCUT2D eigenvalue weighted by atomic mass is 9.72. The van der Waals surface area contributed by atoms with Crippen LogP contribution < -0.4 is 0 Å². The third-order valence-corrected chi connectivity index (χ3v) is 6.00. The number of β-lactam (4-membered cyclic amide) rings is 1. The molecule has 3 nitrogen and oxygen atoms in total. The van der Waals surface area contributed by atoms with E-state index in [4.69, 9.17) is 5.26 Å². The molecule has 1 aliphatic carbocycles. The monoisotopic (exact) mass is 368 g/mol. The molecule has 1 heterocycles. The van der Waals surface area contributed by atoms with Crippen LogP contribution in [0.25, 0.3) is 0 Å². The number of amides is 1. The predicted octanol–water partition coefficient (Wildman–Crippen LogP) is 4.41. The Morgan fingerprint density at radius 3 is 2.14 bits per heavy atom. The zero-order valence-electron chi connectivity index (χ0n) is 16.0. The molecule has 1 amide bonds. The first-order valence-corrected chi connectivity index (χ1v) is 10.1. The third kappa shape index (κ3) is 3.41. The molecule has 1 saturated carbocycles. The molecule has 0 unspecified atom stereocenters. The van der Waals surface area contributed by atoms with Gasteiger partial charge >= 0.3 is 0 Å². The maximum atomic E-state index is 13.4. The average molecular weight is 368 g/mol. The van der Waals surface area contributed by atoms with Crippen molar-refractivity contribution in [2.45, 2.75) is 50.0 Å². The molecule has 2 aromatic rings. The van der Waals surface area contributed by atoms with E-state index < -0.39 is 5.41 Å². The number of hydrogen-bond acceptors (Lipinski definition) is 2. The van der Waals surface area contributed by atoms with Crippen LogP contribution in [-0.2, 0) is 10.2 Å². The number of nitrogens with zero attached hydrogens (tertiary/aromatic N) is 2. The van der Waals surface area contributed by atoms with Crippen molar-refractivity contribution in [3.8, 4) is 17.9 Å². The summed E-state index contributed by atoms with van der Waals surface area (Å²) in [6.07, 6.45) is 7.20. The van der Waals surface area contributed by atoms with Gasteiger partial charge in [-0.1, -0.05) is 67.9 Å². The highest BCUT2D eigenvalue weighted by Crippen LogP contribution is 2.39. The molecule has 0 aromatic heterocycles. The van der Waals surface area contributed by atoms with Crippen molar-refractivity contribution in [2.75, 3.05) is 6.54 Å². The molecule has 0 bridgehead atoms.